The van der Waals surface area contributed by atoms with Gasteiger partial charge in [0.25, 0.3) is 0 Å². The number of nitrogens with zero attached hydrogens (tertiary/aromatic N) is 4. The van der Waals surface area contributed by atoms with Gasteiger partial charge in [-0.25, -0.2) is 13.2 Å². The van der Waals surface area contributed by atoms with Gasteiger partial charge in [-0.3, -0.25) is 9.97 Å². The summed E-state index contributed by atoms with van der Waals surface area (Å²) < 4.78 is 103. The second-order valence-corrected chi connectivity index (χ2v) is 13.8. The predicted octanol–water partition coefficient (Wildman–Crippen LogP) is 12.6. The van der Waals surface area contributed by atoms with Crippen LogP contribution in [-0.4, -0.2) is 9.97 Å². The van der Waals surface area contributed by atoms with E-state index in [9.17, 15) is 23.7 Å². The van der Waals surface area contributed by atoms with E-state index >= 15 is 17.6 Å². The summed E-state index contributed by atoms with van der Waals surface area (Å²) >= 11 is 0. The third kappa shape index (κ3) is 8.44. The average molecular weight is 781 g/mol. The molecule has 0 radical (unpaired) electrons. The molecular weight excluding hydrogens is 742 g/mol. The van der Waals surface area contributed by atoms with Gasteiger partial charge in [0.15, 0.2) is 10.8 Å². The minimum absolute atomic E-state index is 0. The van der Waals surface area contributed by atoms with E-state index in [2.05, 4.69) is 9.97 Å². The Bertz CT molecular complexity index is 2250. The zero-order valence-electron chi connectivity index (χ0n) is 31.0. The van der Waals surface area contributed by atoms with Crippen molar-refractivity contribution in [2.75, 3.05) is 0 Å². The van der Waals surface area contributed by atoms with E-state index in [0.717, 1.165) is 60.4 Å². The van der Waals surface area contributed by atoms with E-state index in [4.69, 9.17) is 0 Å². The summed E-state index contributed by atoms with van der Waals surface area (Å²) in [4.78, 5) is 7.75. The molecule has 0 aliphatic carbocycles. The van der Waals surface area contributed by atoms with Gasteiger partial charge < -0.3 is 0 Å². The van der Waals surface area contributed by atoms with Gasteiger partial charge in [-0.15, -0.1) is 0 Å². The van der Waals surface area contributed by atoms with Crippen LogP contribution in [0.15, 0.2) is 122 Å². The van der Waals surface area contributed by atoms with Crippen LogP contribution in [0.2, 0.25) is 0 Å². The molecule has 0 spiro atoms. The van der Waals surface area contributed by atoms with Crippen molar-refractivity contribution in [3.8, 4) is 34.4 Å². The van der Waals surface area contributed by atoms with Crippen LogP contribution in [-0.2, 0) is 22.7 Å². The zero-order chi connectivity index (χ0) is 41.1. The molecule has 0 aliphatic rings. The van der Waals surface area contributed by atoms with Gasteiger partial charge >= 0.3 is 11.8 Å². The fourth-order valence-electron chi connectivity index (χ4n) is 6.02. The lowest BCUT2D eigenvalue weighted by molar-refractivity contribution is -0.0625. The summed E-state index contributed by atoms with van der Waals surface area (Å²) in [5.74, 6) is -10.5. The van der Waals surface area contributed by atoms with E-state index in [0.29, 0.717) is 22.8 Å². The predicted molar refractivity (Wildman–Crippen MR) is 207 cm³/mol. The highest BCUT2D eigenvalue weighted by atomic mass is 19.3. The summed E-state index contributed by atoms with van der Waals surface area (Å²) in [6.45, 7) is 7.50. The number of aromatic nitrogens is 2. The molecule has 4 nitrogen and oxygen atoms in total. The Morgan fingerprint density at radius 1 is 0.474 bits per heavy atom. The number of aryl methyl sites for hydroxylation is 3. The Kier molecular flexibility index (Phi) is 12.8. The van der Waals surface area contributed by atoms with Crippen LogP contribution in [0, 0.1) is 60.9 Å². The molecule has 0 fully saturated rings. The highest BCUT2D eigenvalue weighted by molar-refractivity contribution is 5.64. The van der Waals surface area contributed by atoms with Crippen molar-refractivity contribution in [3.05, 3.63) is 178 Å². The van der Waals surface area contributed by atoms with E-state index in [1.54, 1.807) is 13.0 Å². The maximum Gasteiger partial charge on any atom is 0.311 e. The lowest BCUT2D eigenvalue weighted by Crippen LogP contribution is -2.41. The molecule has 0 aliphatic heterocycles. The first-order valence-corrected chi connectivity index (χ1v) is 17.3. The van der Waals surface area contributed by atoms with Crippen molar-refractivity contribution >= 4 is 0 Å². The second-order valence-electron chi connectivity index (χ2n) is 13.8. The standard InChI is InChI=1S/C23H19F3N2.C22H16F4N2.CH4/c1-15-4-7-17(8-5-15)18-9-11-21(28-13-18)23(25,26)22(3,14-27)19-10-6-16(2)12-20(19)24;1-14-3-5-15(6-4-14)16-7-10-20(28-12-16)22(25,26)21(2,13-27)18-9-8-17(23)11-19(18)24;/h4-13H,1-3H3;3-12H,1-2H3;1H4/t22-;21-;/m01./s1. The van der Waals surface area contributed by atoms with Crippen LogP contribution >= 0.6 is 0 Å². The van der Waals surface area contributed by atoms with E-state index < -0.39 is 57.1 Å². The molecule has 0 bridgehead atoms. The first-order chi connectivity index (χ1) is 26.4. The normalized spacial score (nSPS) is 13.4. The van der Waals surface area contributed by atoms with Crippen LogP contribution in [0.3, 0.4) is 0 Å². The Morgan fingerprint density at radius 2 is 0.825 bits per heavy atom. The van der Waals surface area contributed by atoms with Crippen LogP contribution in [0.4, 0.5) is 30.7 Å². The number of hydrogen-bond donors (Lipinski definition) is 0. The highest BCUT2D eigenvalue weighted by Crippen LogP contribution is 2.48. The van der Waals surface area contributed by atoms with Gasteiger partial charge in [-0.2, -0.15) is 28.1 Å². The minimum atomic E-state index is -3.81. The van der Waals surface area contributed by atoms with Crippen LogP contribution in [0.1, 0.15) is 60.5 Å². The Morgan fingerprint density at radius 3 is 1.16 bits per heavy atom. The molecule has 6 rings (SSSR count). The zero-order valence-corrected chi connectivity index (χ0v) is 31.0. The smallest absolute Gasteiger partial charge is 0.254 e. The summed E-state index contributed by atoms with van der Waals surface area (Å²) in [6, 6.07) is 29.6. The largest absolute Gasteiger partial charge is 0.311 e. The fourth-order valence-corrected chi connectivity index (χ4v) is 6.02. The minimum Gasteiger partial charge on any atom is -0.254 e. The van der Waals surface area contributed by atoms with Crippen molar-refractivity contribution in [2.45, 2.75) is 64.7 Å². The molecular formula is C46H39F7N4. The molecule has 292 valence electrons. The quantitative estimate of drug-likeness (QED) is 0.144. The Balaban J connectivity index is 0.000000248. The Labute approximate surface area is 327 Å². The number of alkyl halides is 4. The second kappa shape index (κ2) is 16.8. The number of rotatable bonds is 8. The van der Waals surface area contributed by atoms with E-state index in [1.807, 2.05) is 62.4 Å². The topological polar surface area (TPSA) is 73.4 Å². The first kappa shape index (κ1) is 43.4. The molecule has 0 N–H and O–H groups in total. The molecule has 6 aromatic rings. The third-order valence-corrected chi connectivity index (χ3v) is 9.78. The average Bonchev–Trinajstić information content (AvgIpc) is 3.18. The molecule has 57 heavy (non-hydrogen) atoms. The van der Waals surface area contributed by atoms with Gasteiger partial charge in [0.05, 0.1) is 12.1 Å². The maximum absolute atomic E-state index is 15.3. The molecule has 0 amide bonds. The summed E-state index contributed by atoms with van der Waals surface area (Å²) in [6.07, 6.45) is 2.63. The molecule has 0 saturated heterocycles. The lowest BCUT2D eigenvalue weighted by Gasteiger charge is -2.31. The molecule has 4 aromatic carbocycles. The lowest BCUT2D eigenvalue weighted by atomic mass is 9.76. The van der Waals surface area contributed by atoms with Crippen LogP contribution < -0.4 is 0 Å². The van der Waals surface area contributed by atoms with Gasteiger partial charge in [0.2, 0.25) is 0 Å². The van der Waals surface area contributed by atoms with Crippen LogP contribution in [0.25, 0.3) is 22.3 Å². The molecule has 0 saturated carbocycles. The van der Waals surface area contributed by atoms with E-state index in [1.165, 1.54) is 48.8 Å². The monoisotopic (exact) mass is 780 g/mol. The molecule has 2 atom stereocenters. The van der Waals surface area contributed by atoms with Gasteiger partial charge in [-0.1, -0.05) is 97.4 Å². The van der Waals surface area contributed by atoms with Gasteiger partial charge in [0, 0.05) is 40.7 Å². The number of pyridine rings is 2. The molecule has 0 unspecified atom stereocenters. The maximum atomic E-state index is 15.3. The third-order valence-electron chi connectivity index (χ3n) is 9.78. The number of halogens is 7. The van der Waals surface area contributed by atoms with Crippen LogP contribution in [0.5, 0.6) is 0 Å². The summed E-state index contributed by atoms with van der Waals surface area (Å²) in [7, 11) is 0. The summed E-state index contributed by atoms with van der Waals surface area (Å²) in [5.41, 5.74) is -1.45. The van der Waals surface area contributed by atoms with Crippen molar-refractivity contribution in [3.63, 3.8) is 0 Å². The van der Waals surface area contributed by atoms with Crippen molar-refractivity contribution in [1.82, 2.24) is 9.97 Å². The number of benzene rings is 4. The number of hydrogen-bond acceptors (Lipinski definition) is 4. The first-order valence-electron chi connectivity index (χ1n) is 17.3. The molecule has 11 heteroatoms. The van der Waals surface area contributed by atoms with Gasteiger partial charge in [0.1, 0.15) is 28.8 Å². The van der Waals surface area contributed by atoms with Crippen molar-refractivity contribution in [1.29, 1.82) is 10.5 Å². The SMILES string of the molecule is C.Cc1ccc(-c2ccc(C(F)(F)[C@@](C)(C#N)c3ccc(C)cc3F)nc2)cc1.Cc1ccc(-c2ccc(C(F)(F)[C@](C)(C#N)c3ccc(F)cc3F)nc2)cc1. The van der Waals surface area contributed by atoms with Crippen molar-refractivity contribution in [2.24, 2.45) is 0 Å². The van der Waals surface area contributed by atoms with Crippen molar-refractivity contribution < 1.29 is 30.7 Å². The highest BCUT2D eigenvalue weighted by Gasteiger charge is 2.56. The number of nitriles is 2. The van der Waals surface area contributed by atoms with E-state index in [-0.39, 0.29) is 13.0 Å². The Hall–Kier alpha value is -6.33. The fraction of sp³-hybridized carbons (Fsp3) is 0.217. The molecule has 2 aromatic heterocycles. The summed E-state index contributed by atoms with van der Waals surface area (Å²) in [5, 5.41) is 19.0. The molecule has 2 heterocycles. The van der Waals surface area contributed by atoms with Gasteiger partial charge in [-0.05, 0) is 75.6 Å².